The molecule has 1 aliphatic heterocycles. The number of nitrogens with zero attached hydrogens (tertiary/aromatic N) is 1. The van der Waals surface area contributed by atoms with E-state index in [1.807, 2.05) is 25.2 Å². The van der Waals surface area contributed by atoms with Crippen LogP contribution in [0.2, 0.25) is 0 Å². The van der Waals surface area contributed by atoms with Crippen LogP contribution in [0.4, 0.5) is 0 Å². The fourth-order valence-electron chi connectivity index (χ4n) is 3.98. The molecule has 1 aliphatic carbocycles. The van der Waals surface area contributed by atoms with E-state index >= 15 is 0 Å². The van der Waals surface area contributed by atoms with Crippen LogP contribution in [0.3, 0.4) is 0 Å². The van der Waals surface area contributed by atoms with Gasteiger partial charge in [-0.25, -0.2) is 0 Å². The monoisotopic (exact) mass is 363 g/mol. The first-order valence-corrected chi connectivity index (χ1v) is 9.32. The van der Waals surface area contributed by atoms with Crippen LogP contribution in [0.15, 0.2) is 41.0 Å². The highest BCUT2D eigenvalue weighted by Crippen LogP contribution is 2.33. The Morgan fingerprint density at radius 2 is 1.89 bits per heavy atom. The first kappa shape index (κ1) is 16.2. The van der Waals surface area contributed by atoms with Crippen LogP contribution in [-0.4, -0.2) is 24.6 Å². The summed E-state index contributed by atoms with van der Waals surface area (Å²) < 4.78 is 16.5. The maximum atomic E-state index is 12.8. The summed E-state index contributed by atoms with van der Waals surface area (Å²) in [5, 5.41) is 1.07. The summed E-state index contributed by atoms with van der Waals surface area (Å²) in [6, 6.07) is 10.1. The molecule has 27 heavy (non-hydrogen) atoms. The van der Waals surface area contributed by atoms with Gasteiger partial charge in [0, 0.05) is 24.5 Å². The van der Waals surface area contributed by atoms with Gasteiger partial charge in [-0.3, -0.25) is 4.79 Å². The second kappa shape index (κ2) is 6.34. The molecule has 2 heterocycles. The van der Waals surface area contributed by atoms with Crippen LogP contribution in [-0.2, 0) is 30.6 Å². The summed E-state index contributed by atoms with van der Waals surface area (Å²) in [5.41, 5.74) is 5.64. The maximum Gasteiger partial charge on any atom is 0.231 e. The first-order chi connectivity index (χ1) is 13.2. The molecule has 0 fully saturated rings. The van der Waals surface area contributed by atoms with Crippen LogP contribution in [0.1, 0.15) is 28.7 Å². The molecule has 0 saturated carbocycles. The molecule has 5 heteroatoms. The van der Waals surface area contributed by atoms with E-state index in [1.165, 1.54) is 17.5 Å². The quantitative estimate of drug-likeness (QED) is 0.706. The van der Waals surface area contributed by atoms with E-state index in [0.29, 0.717) is 13.0 Å². The number of benzene rings is 2. The maximum absolute atomic E-state index is 12.8. The molecular weight excluding hydrogens is 342 g/mol. The molecule has 5 nitrogen and oxygen atoms in total. The minimum atomic E-state index is 0.0656. The molecule has 5 rings (SSSR count). The highest BCUT2D eigenvalue weighted by molar-refractivity contribution is 5.88. The molecule has 0 atom stereocenters. The predicted octanol–water partition coefficient (Wildman–Crippen LogP) is 3.85. The third-order valence-electron chi connectivity index (χ3n) is 5.49. The van der Waals surface area contributed by atoms with Gasteiger partial charge in [-0.05, 0) is 60.2 Å². The molecule has 1 aromatic heterocycles. The lowest BCUT2D eigenvalue weighted by Crippen LogP contribution is -2.27. The third kappa shape index (κ3) is 2.93. The number of likely N-dealkylation sites (N-methyl/N-ethyl adjacent to an activating group) is 1. The van der Waals surface area contributed by atoms with Crippen molar-refractivity contribution in [3.63, 3.8) is 0 Å². The van der Waals surface area contributed by atoms with Crippen LogP contribution in [0.5, 0.6) is 11.5 Å². The van der Waals surface area contributed by atoms with E-state index in [1.54, 1.807) is 11.2 Å². The second-order valence-corrected chi connectivity index (χ2v) is 7.35. The average molecular weight is 363 g/mol. The Morgan fingerprint density at radius 1 is 1.07 bits per heavy atom. The van der Waals surface area contributed by atoms with Crippen LogP contribution in [0, 0.1) is 0 Å². The number of carbonyl (C=O) groups is 1. The third-order valence-corrected chi connectivity index (χ3v) is 5.49. The van der Waals surface area contributed by atoms with E-state index in [0.717, 1.165) is 46.4 Å². The number of aryl methyl sites for hydroxylation is 2. The SMILES string of the molecule is CN(Cc1ccc2c(c1)OCO2)C(=O)Cc1coc2cc3c(cc12)CCC3. The standard InChI is InChI=1S/C22H21NO4/c1-23(11-14-5-6-19-21(7-14)27-13-26-19)22(24)10-17-12-25-20-9-16-4-2-3-15(16)8-18(17)20/h5-9,12H,2-4,10-11,13H2,1H3. The van der Waals surface area contributed by atoms with Crippen molar-refractivity contribution in [2.75, 3.05) is 13.8 Å². The Labute approximate surface area is 157 Å². The largest absolute Gasteiger partial charge is 0.464 e. The Kier molecular flexibility index (Phi) is 3.81. The summed E-state index contributed by atoms with van der Waals surface area (Å²) in [4.78, 5) is 14.5. The molecule has 0 saturated heterocycles. The van der Waals surface area contributed by atoms with Crippen molar-refractivity contribution in [1.29, 1.82) is 0 Å². The van der Waals surface area contributed by atoms with Gasteiger partial charge in [-0.2, -0.15) is 0 Å². The van der Waals surface area contributed by atoms with E-state index in [-0.39, 0.29) is 12.7 Å². The Bertz CT molecular complexity index is 1040. The van der Waals surface area contributed by atoms with E-state index < -0.39 is 0 Å². The zero-order valence-corrected chi connectivity index (χ0v) is 15.3. The van der Waals surface area contributed by atoms with Crippen molar-refractivity contribution in [2.45, 2.75) is 32.2 Å². The van der Waals surface area contributed by atoms with Crippen molar-refractivity contribution in [2.24, 2.45) is 0 Å². The number of hydrogen-bond acceptors (Lipinski definition) is 4. The first-order valence-electron chi connectivity index (χ1n) is 9.32. The molecule has 0 spiro atoms. The number of hydrogen-bond donors (Lipinski definition) is 0. The van der Waals surface area contributed by atoms with Crippen LogP contribution in [0.25, 0.3) is 11.0 Å². The average Bonchev–Trinajstić information content (AvgIpc) is 3.39. The lowest BCUT2D eigenvalue weighted by molar-refractivity contribution is -0.129. The van der Waals surface area contributed by atoms with Gasteiger partial charge in [0.15, 0.2) is 11.5 Å². The van der Waals surface area contributed by atoms with Crippen molar-refractivity contribution in [3.8, 4) is 11.5 Å². The molecule has 2 aliphatic rings. The minimum absolute atomic E-state index is 0.0656. The fourth-order valence-corrected chi connectivity index (χ4v) is 3.98. The summed E-state index contributed by atoms with van der Waals surface area (Å²) in [7, 11) is 1.83. The van der Waals surface area contributed by atoms with Crippen LogP contribution < -0.4 is 9.47 Å². The molecular formula is C22H21NO4. The molecule has 0 radical (unpaired) electrons. The van der Waals surface area contributed by atoms with Crippen molar-refractivity contribution < 1.29 is 18.7 Å². The van der Waals surface area contributed by atoms with Crippen molar-refractivity contribution >= 4 is 16.9 Å². The van der Waals surface area contributed by atoms with Gasteiger partial charge >= 0.3 is 0 Å². The summed E-state index contributed by atoms with van der Waals surface area (Å²) in [5.74, 6) is 1.56. The van der Waals surface area contributed by atoms with E-state index in [2.05, 4.69) is 12.1 Å². The number of carbonyl (C=O) groups excluding carboxylic acids is 1. The molecule has 3 aromatic rings. The normalized spacial score (nSPS) is 14.6. The smallest absolute Gasteiger partial charge is 0.231 e. The molecule has 1 amide bonds. The topological polar surface area (TPSA) is 51.9 Å². The van der Waals surface area contributed by atoms with Gasteiger partial charge in [0.05, 0.1) is 12.7 Å². The van der Waals surface area contributed by atoms with Gasteiger partial charge < -0.3 is 18.8 Å². The highest BCUT2D eigenvalue weighted by atomic mass is 16.7. The highest BCUT2D eigenvalue weighted by Gasteiger charge is 2.19. The molecule has 0 bridgehead atoms. The van der Waals surface area contributed by atoms with Gasteiger partial charge in [0.2, 0.25) is 12.7 Å². The number of fused-ring (bicyclic) bond motifs is 3. The Hall–Kier alpha value is -2.95. The number of furan rings is 1. The predicted molar refractivity (Wildman–Crippen MR) is 101 cm³/mol. The number of rotatable bonds is 4. The van der Waals surface area contributed by atoms with Crippen molar-refractivity contribution in [1.82, 2.24) is 4.90 Å². The van der Waals surface area contributed by atoms with E-state index in [4.69, 9.17) is 13.9 Å². The summed E-state index contributed by atoms with van der Waals surface area (Å²) in [6.07, 6.45) is 5.51. The second-order valence-electron chi connectivity index (χ2n) is 7.35. The fraction of sp³-hybridized carbons (Fsp3) is 0.318. The summed E-state index contributed by atoms with van der Waals surface area (Å²) >= 11 is 0. The lowest BCUT2D eigenvalue weighted by Gasteiger charge is -2.17. The number of amides is 1. The van der Waals surface area contributed by atoms with Gasteiger partial charge in [-0.1, -0.05) is 6.07 Å². The zero-order chi connectivity index (χ0) is 18.4. The minimum Gasteiger partial charge on any atom is -0.464 e. The number of ether oxygens (including phenoxy) is 2. The van der Waals surface area contributed by atoms with Crippen LogP contribution >= 0.6 is 0 Å². The van der Waals surface area contributed by atoms with Crippen molar-refractivity contribution in [3.05, 3.63) is 58.8 Å². The molecule has 2 aromatic carbocycles. The van der Waals surface area contributed by atoms with Gasteiger partial charge in [0.25, 0.3) is 0 Å². The van der Waals surface area contributed by atoms with Gasteiger partial charge in [-0.15, -0.1) is 0 Å². The zero-order valence-electron chi connectivity index (χ0n) is 15.3. The Morgan fingerprint density at radius 3 is 2.78 bits per heavy atom. The lowest BCUT2D eigenvalue weighted by atomic mass is 10.0. The van der Waals surface area contributed by atoms with Gasteiger partial charge in [0.1, 0.15) is 5.58 Å². The van der Waals surface area contributed by atoms with E-state index in [9.17, 15) is 4.79 Å². The Balaban J connectivity index is 1.32. The molecule has 0 unspecified atom stereocenters. The molecule has 0 N–H and O–H groups in total. The summed E-state index contributed by atoms with van der Waals surface area (Å²) in [6.45, 7) is 0.783. The molecule has 138 valence electrons.